The normalized spacial score (nSPS) is 13.3. The summed E-state index contributed by atoms with van der Waals surface area (Å²) in [5.74, 6) is -4.29. The number of rotatable bonds is 12. The van der Waals surface area contributed by atoms with Crippen LogP contribution in [-0.4, -0.2) is 53.4 Å². The van der Waals surface area contributed by atoms with E-state index in [0.717, 1.165) is 40.8 Å². The van der Waals surface area contributed by atoms with E-state index in [1.165, 1.54) is 24.3 Å². The molecule has 3 aromatic carbocycles. The highest BCUT2D eigenvalue weighted by Gasteiger charge is 2.32. The van der Waals surface area contributed by atoms with Gasteiger partial charge in [0.05, 0.1) is 18.5 Å². The number of hydrogen-bond acceptors (Lipinski definition) is 5. The van der Waals surface area contributed by atoms with Crippen LogP contribution < -0.4 is 10.2 Å². The van der Waals surface area contributed by atoms with Gasteiger partial charge in [-0.25, -0.2) is 8.78 Å². The van der Waals surface area contributed by atoms with Crippen LogP contribution in [0.3, 0.4) is 0 Å². The molecule has 0 bridgehead atoms. The molecule has 0 aliphatic carbocycles. The smallest absolute Gasteiger partial charge is 0.273 e. The molecule has 0 saturated carbocycles. The van der Waals surface area contributed by atoms with Gasteiger partial charge in [-0.2, -0.15) is 13.5 Å². The SMILES string of the molecule is O=C(NCCS(=O)(=O)O)c1cccc(Cn2cc(-c3cccc4c3CCCN4C(=O)CCCC(F)(F)c3ccc(Cl)cc3)cn2)c1. The number of halogens is 3. The van der Waals surface area contributed by atoms with E-state index < -0.39 is 34.1 Å². The summed E-state index contributed by atoms with van der Waals surface area (Å²) in [5, 5.41) is 7.36. The van der Waals surface area contributed by atoms with Crippen molar-refractivity contribution in [2.45, 2.75) is 44.6 Å². The molecule has 13 heteroatoms. The van der Waals surface area contributed by atoms with Gasteiger partial charge in [-0.3, -0.25) is 18.8 Å². The lowest BCUT2D eigenvalue weighted by Gasteiger charge is -2.31. The van der Waals surface area contributed by atoms with Gasteiger partial charge in [0.2, 0.25) is 5.91 Å². The number of fused-ring (bicyclic) bond motifs is 1. The predicted molar refractivity (Wildman–Crippen MR) is 172 cm³/mol. The minimum absolute atomic E-state index is 0.00238. The standard InChI is InChI=1S/C33H33ClF2N4O5S/c34-27-13-11-26(12-14-27)33(35,36)15-3-10-31(41)40-17-4-8-29-28(7-2-9-30(29)40)25-20-38-39(22-25)21-23-5-1-6-24(19-23)32(42)37-16-18-46(43,44)45/h1-2,5-7,9,11-14,19-20,22H,3-4,8,10,15-18,21H2,(H,37,42)(H,43,44,45). The molecule has 0 saturated heterocycles. The second-order valence-corrected chi connectivity index (χ2v) is 13.2. The Bertz CT molecular complexity index is 1830. The van der Waals surface area contributed by atoms with Gasteiger partial charge in [-0.05, 0) is 66.3 Å². The van der Waals surface area contributed by atoms with E-state index in [9.17, 15) is 26.8 Å². The van der Waals surface area contributed by atoms with Gasteiger partial charge in [0.15, 0.2) is 0 Å². The van der Waals surface area contributed by atoms with Crippen molar-refractivity contribution < 1.29 is 31.3 Å². The summed E-state index contributed by atoms with van der Waals surface area (Å²) in [6.07, 6.45) is 4.72. The molecule has 5 rings (SSSR count). The molecule has 0 atom stereocenters. The summed E-state index contributed by atoms with van der Waals surface area (Å²) < 4.78 is 61.8. The Balaban J connectivity index is 1.24. The van der Waals surface area contributed by atoms with Crippen molar-refractivity contribution in [3.05, 3.63) is 106 Å². The highest BCUT2D eigenvalue weighted by Crippen LogP contribution is 2.37. The fourth-order valence-corrected chi connectivity index (χ4v) is 6.06. The summed E-state index contributed by atoms with van der Waals surface area (Å²) in [6.45, 7) is 0.670. The molecule has 9 nitrogen and oxygen atoms in total. The molecule has 0 fully saturated rings. The van der Waals surface area contributed by atoms with Crippen LogP contribution in [0.1, 0.15) is 52.7 Å². The van der Waals surface area contributed by atoms with E-state index in [0.29, 0.717) is 23.7 Å². The molecule has 4 aromatic rings. The molecule has 1 aliphatic heterocycles. The Morgan fingerprint density at radius 1 is 1.07 bits per heavy atom. The first-order valence-electron chi connectivity index (χ1n) is 14.8. The molecule has 2 amide bonds. The number of alkyl halides is 2. The summed E-state index contributed by atoms with van der Waals surface area (Å²) in [5.41, 5.74) is 4.58. The fraction of sp³-hybridized carbons (Fsp3) is 0.303. The Hall–Kier alpha value is -4.13. The molecule has 1 aliphatic rings. The van der Waals surface area contributed by atoms with Crippen molar-refractivity contribution in [2.24, 2.45) is 0 Å². The monoisotopic (exact) mass is 670 g/mol. The first kappa shape index (κ1) is 33.2. The third-order valence-electron chi connectivity index (χ3n) is 7.82. The maximum Gasteiger partial charge on any atom is 0.273 e. The van der Waals surface area contributed by atoms with Crippen molar-refractivity contribution in [2.75, 3.05) is 23.7 Å². The number of carbonyl (C=O) groups excluding carboxylic acids is 2. The largest absolute Gasteiger partial charge is 0.351 e. The summed E-state index contributed by atoms with van der Waals surface area (Å²) in [7, 11) is -4.18. The Morgan fingerprint density at radius 3 is 2.59 bits per heavy atom. The molecular formula is C33H33ClF2N4O5S. The van der Waals surface area contributed by atoms with E-state index in [1.54, 1.807) is 34.0 Å². The number of amides is 2. The van der Waals surface area contributed by atoms with Gasteiger partial charge in [0.1, 0.15) is 0 Å². The van der Waals surface area contributed by atoms with Crippen LogP contribution in [0, 0.1) is 0 Å². The summed E-state index contributed by atoms with van der Waals surface area (Å²) >= 11 is 5.83. The van der Waals surface area contributed by atoms with Crippen LogP contribution in [-0.2, 0) is 33.8 Å². The number of nitrogens with one attached hydrogen (secondary N) is 1. The van der Waals surface area contributed by atoms with Crippen LogP contribution in [0.2, 0.25) is 5.02 Å². The van der Waals surface area contributed by atoms with Crippen LogP contribution >= 0.6 is 11.6 Å². The lowest BCUT2D eigenvalue weighted by molar-refractivity contribution is -0.119. The number of carbonyl (C=O) groups is 2. The van der Waals surface area contributed by atoms with Crippen LogP contribution in [0.5, 0.6) is 0 Å². The molecule has 0 radical (unpaired) electrons. The lowest BCUT2D eigenvalue weighted by atomic mass is 9.93. The first-order valence-corrected chi connectivity index (χ1v) is 16.8. The number of anilines is 1. The van der Waals surface area contributed by atoms with Crippen molar-refractivity contribution in [1.82, 2.24) is 15.1 Å². The van der Waals surface area contributed by atoms with Crippen LogP contribution in [0.15, 0.2) is 79.1 Å². The van der Waals surface area contributed by atoms with Gasteiger partial charge in [0, 0.05) is 59.5 Å². The van der Waals surface area contributed by atoms with E-state index in [2.05, 4.69) is 10.4 Å². The van der Waals surface area contributed by atoms with E-state index in [1.807, 2.05) is 30.5 Å². The van der Waals surface area contributed by atoms with E-state index >= 15 is 0 Å². The molecule has 0 unspecified atom stereocenters. The second kappa shape index (κ2) is 14.1. The Labute approximate surface area is 270 Å². The second-order valence-electron chi connectivity index (χ2n) is 11.2. The van der Waals surface area contributed by atoms with Crippen molar-refractivity contribution in [1.29, 1.82) is 0 Å². The average molecular weight is 671 g/mol. The highest BCUT2D eigenvalue weighted by molar-refractivity contribution is 7.85. The lowest BCUT2D eigenvalue weighted by Crippen LogP contribution is -2.35. The van der Waals surface area contributed by atoms with Gasteiger partial charge in [-0.15, -0.1) is 0 Å². The van der Waals surface area contributed by atoms with Crippen molar-refractivity contribution in [3.63, 3.8) is 0 Å². The molecule has 2 heterocycles. The minimum atomic E-state index is -4.18. The quantitative estimate of drug-likeness (QED) is 0.176. The maximum absolute atomic E-state index is 14.7. The third kappa shape index (κ3) is 8.36. The molecule has 0 spiro atoms. The van der Waals surface area contributed by atoms with Gasteiger partial charge >= 0.3 is 0 Å². The third-order valence-corrected chi connectivity index (χ3v) is 8.80. The van der Waals surface area contributed by atoms with E-state index in [-0.39, 0.29) is 30.9 Å². The Morgan fingerprint density at radius 2 is 1.83 bits per heavy atom. The molecular weight excluding hydrogens is 638 g/mol. The number of hydrogen-bond donors (Lipinski definition) is 2. The molecule has 242 valence electrons. The zero-order valence-corrected chi connectivity index (χ0v) is 26.4. The fourth-order valence-electron chi connectivity index (χ4n) is 5.57. The topological polar surface area (TPSA) is 122 Å². The zero-order chi connectivity index (χ0) is 32.9. The average Bonchev–Trinajstić information content (AvgIpc) is 3.48. The number of benzene rings is 3. The minimum Gasteiger partial charge on any atom is -0.351 e. The van der Waals surface area contributed by atoms with Crippen LogP contribution in [0.4, 0.5) is 14.5 Å². The van der Waals surface area contributed by atoms with Gasteiger partial charge in [0.25, 0.3) is 21.9 Å². The predicted octanol–water partition coefficient (Wildman–Crippen LogP) is 6.11. The van der Waals surface area contributed by atoms with Gasteiger partial charge < -0.3 is 10.2 Å². The zero-order valence-electron chi connectivity index (χ0n) is 24.8. The van der Waals surface area contributed by atoms with Gasteiger partial charge in [-0.1, -0.05) is 48.0 Å². The summed E-state index contributed by atoms with van der Waals surface area (Å²) in [4.78, 5) is 27.4. The van der Waals surface area contributed by atoms with Crippen molar-refractivity contribution >= 4 is 39.2 Å². The molecule has 46 heavy (non-hydrogen) atoms. The van der Waals surface area contributed by atoms with Crippen molar-refractivity contribution in [3.8, 4) is 11.1 Å². The molecule has 1 aromatic heterocycles. The van der Waals surface area contributed by atoms with E-state index in [4.69, 9.17) is 16.2 Å². The summed E-state index contributed by atoms with van der Waals surface area (Å²) in [6, 6.07) is 18.1. The number of aromatic nitrogens is 2. The Kier molecular flexibility index (Phi) is 10.2. The number of nitrogens with zero attached hydrogens (tertiary/aromatic N) is 3. The molecule has 2 N–H and O–H groups in total. The first-order chi connectivity index (χ1) is 21.9. The highest BCUT2D eigenvalue weighted by atomic mass is 35.5. The van der Waals surface area contributed by atoms with Crippen LogP contribution in [0.25, 0.3) is 11.1 Å². The maximum atomic E-state index is 14.7.